The van der Waals surface area contributed by atoms with Gasteiger partial charge in [-0.15, -0.1) is 0 Å². The Morgan fingerprint density at radius 1 is 1.92 bits per heavy atom. The third kappa shape index (κ3) is 4.31. The van der Waals surface area contributed by atoms with Gasteiger partial charge in [-0.25, -0.2) is 4.39 Å². The smallest absolute Gasteiger partial charge is 0.215 e. The number of nitrogens with one attached hydrogen (secondary N) is 1. The van der Waals surface area contributed by atoms with Crippen LogP contribution in [0.2, 0.25) is 0 Å². The molecule has 0 heterocycles. The molecule has 5 heteroatoms. The predicted octanol–water partition coefficient (Wildman–Crippen LogP) is 0.740. The number of methoxy groups -OCH3 is 1. The molecule has 2 atom stereocenters. The van der Waals surface area contributed by atoms with Gasteiger partial charge in [0.15, 0.2) is 0 Å². The molecule has 0 spiro atoms. The van der Waals surface area contributed by atoms with Gasteiger partial charge in [-0.05, 0) is 6.08 Å². The van der Waals surface area contributed by atoms with E-state index < -0.39 is 12.1 Å². The van der Waals surface area contributed by atoms with E-state index in [1.54, 1.807) is 0 Å². The van der Waals surface area contributed by atoms with Gasteiger partial charge in [0.2, 0.25) is 5.53 Å². The lowest BCUT2D eigenvalue weighted by atomic mass is 10.5. The van der Waals surface area contributed by atoms with Gasteiger partial charge < -0.3 is 15.2 Å². The van der Waals surface area contributed by atoms with Crippen LogP contribution in [-0.2, 0) is 4.74 Å². The molecule has 0 aliphatic heterocycles. The van der Waals surface area contributed by atoms with Crippen LogP contribution in [0.1, 0.15) is 0 Å². The first kappa shape index (κ1) is 11.4. The van der Waals surface area contributed by atoms with Gasteiger partial charge in [0.05, 0.1) is 13.7 Å². The molecule has 0 bridgehead atoms. The van der Waals surface area contributed by atoms with Crippen LogP contribution in [0, 0.1) is 0 Å². The van der Waals surface area contributed by atoms with Crippen molar-refractivity contribution in [1.29, 1.82) is 0 Å². The summed E-state index contributed by atoms with van der Waals surface area (Å²) in [4.78, 5) is 0. The summed E-state index contributed by atoms with van der Waals surface area (Å²) in [6.07, 6.45) is 2.71. The van der Waals surface area contributed by atoms with Crippen LogP contribution in [0.15, 0.2) is 24.6 Å². The summed E-state index contributed by atoms with van der Waals surface area (Å²) in [5.41, 5.74) is -1.91. The van der Waals surface area contributed by atoms with E-state index in [0.29, 0.717) is 5.76 Å². The van der Waals surface area contributed by atoms with Crippen LogP contribution in [-0.4, -0.2) is 24.4 Å². The highest BCUT2D eigenvalue weighted by Gasteiger charge is 2.19. The molecule has 0 aliphatic rings. The quantitative estimate of drug-likeness (QED) is 0.293. The SMILES string of the molecule is C=C/C(=C\NC(F)(P)CO)OC. The first-order valence-corrected chi connectivity index (χ1v) is 3.86. The van der Waals surface area contributed by atoms with Crippen molar-refractivity contribution in [3.63, 3.8) is 0 Å². The van der Waals surface area contributed by atoms with Crippen LogP contribution in [0.5, 0.6) is 0 Å². The van der Waals surface area contributed by atoms with Crippen molar-refractivity contribution in [3.05, 3.63) is 24.6 Å². The van der Waals surface area contributed by atoms with Crippen LogP contribution in [0.25, 0.3) is 0 Å². The van der Waals surface area contributed by atoms with Crippen molar-refractivity contribution in [2.75, 3.05) is 13.7 Å². The number of alkyl halides is 1. The Morgan fingerprint density at radius 2 is 2.50 bits per heavy atom. The molecule has 0 aromatic heterocycles. The van der Waals surface area contributed by atoms with Gasteiger partial charge in [-0.3, -0.25) is 0 Å². The maximum atomic E-state index is 12.9. The number of allylic oxidation sites excluding steroid dienone is 1. The Labute approximate surface area is 73.5 Å². The van der Waals surface area contributed by atoms with E-state index in [1.165, 1.54) is 19.4 Å². The van der Waals surface area contributed by atoms with Crippen molar-refractivity contribution in [2.24, 2.45) is 0 Å². The average Bonchev–Trinajstić information content (AvgIpc) is 2.06. The van der Waals surface area contributed by atoms with Gasteiger partial charge in [0, 0.05) is 6.20 Å². The maximum Gasteiger partial charge on any atom is 0.215 e. The van der Waals surface area contributed by atoms with Crippen molar-refractivity contribution in [1.82, 2.24) is 5.32 Å². The number of aliphatic hydroxyl groups excluding tert-OH is 1. The third-order valence-corrected chi connectivity index (χ3v) is 1.47. The van der Waals surface area contributed by atoms with E-state index >= 15 is 0 Å². The molecule has 0 amide bonds. The maximum absolute atomic E-state index is 12.9. The van der Waals surface area contributed by atoms with Gasteiger partial charge in [0.25, 0.3) is 0 Å². The standard InChI is InChI=1S/C7H13FNO2P/c1-3-6(11-2)4-9-7(8,12)5-10/h3-4,9-10H,1,5,12H2,2H3/b6-4+. The molecule has 0 saturated carbocycles. The van der Waals surface area contributed by atoms with Gasteiger partial charge >= 0.3 is 0 Å². The molecule has 3 nitrogen and oxygen atoms in total. The fourth-order valence-electron chi connectivity index (χ4n) is 0.438. The largest absolute Gasteiger partial charge is 0.495 e. The highest BCUT2D eigenvalue weighted by atomic mass is 31.0. The second kappa shape index (κ2) is 5.12. The van der Waals surface area contributed by atoms with E-state index in [0.717, 1.165) is 0 Å². The Morgan fingerprint density at radius 3 is 2.83 bits per heavy atom. The number of aliphatic hydroxyl groups is 1. The molecule has 0 aromatic carbocycles. The topological polar surface area (TPSA) is 41.5 Å². The van der Waals surface area contributed by atoms with Gasteiger partial charge in [-0.2, -0.15) is 0 Å². The number of ether oxygens (including phenoxy) is 1. The zero-order chi connectivity index (χ0) is 9.61. The van der Waals surface area contributed by atoms with E-state index in [4.69, 9.17) is 9.84 Å². The Balaban J connectivity index is 4.09. The van der Waals surface area contributed by atoms with Crippen molar-refractivity contribution in [3.8, 4) is 0 Å². The summed E-state index contributed by atoms with van der Waals surface area (Å²) < 4.78 is 17.7. The van der Waals surface area contributed by atoms with Crippen molar-refractivity contribution < 1.29 is 14.2 Å². The lowest BCUT2D eigenvalue weighted by Gasteiger charge is -2.17. The van der Waals surface area contributed by atoms with Gasteiger partial charge in [-0.1, -0.05) is 15.8 Å². The normalized spacial score (nSPS) is 16.5. The fraction of sp³-hybridized carbons (Fsp3) is 0.429. The molecule has 0 aromatic rings. The van der Waals surface area contributed by atoms with E-state index in [9.17, 15) is 4.39 Å². The monoisotopic (exact) mass is 193 g/mol. The third-order valence-electron chi connectivity index (χ3n) is 1.12. The Kier molecular flexibility index (Phi) is 4.86. The summed E-state index contributed by atoms with van der Waals surface area (Å²) in [6.45, 7) is 2.80. The van der Waals surface area contributed by atoms with Crippen LogP contribution in [0.3, 0.4) is 0 Å². The first-order valence-electron chi connectivity index (χ1n) is 3.28. The summed E-state index contributed by atoms with van der Waals surface area (Å²) in [7, 11) is 3.28. The summed E-state index contributed by atoms with van der Waals surface area (Å²) >= 11 is 0. The molecule has 0 rings (SSSR count). The van der Waals surface area contributed by atoms with Crippen molar-refractivity contribution >= 4 is 9.24 Å². The molecule has 2 N–H and O–H groups in total. The number of rotatable bonds is 5. The van der Waals surface area contributed by atoms with E-state index in [-0.39, 0.29) is 0 Å². The lowest BCUT2D eigenvalue weighted by Crippen LogP contribution is -2.34. The van der Waals surface area contributed by atoms with Gasteiger partial charge in [0.1, 0.15) is 5.76 Å². The molecule has 2 unspecified atom stereocenters. The molecule has 0 radical (unpaired) electrons. The van der Waals surface area contributed by atoms with Crippen LogP contribution < -0.4 is 5.32 Å². The zero-order valence-corrected chi connectivity index (χ0v) is 8.03. The second-order valence-electron chi connectivity index (χ2n) is 2.12. The van der Waals surface area contributed by atoms with E-state index in [2.05, 4.69) is 11.9 Å². The average molecular weight is 193 g/mol. The molecule has 70 valence electrons. The highest BCUT2D eigenvalue weighted by Crippen LogP contribution is 2.15. The van der Waals surface area contributed by atoms with E-state index in [1.807, 2.05) is 9.24 Å². The number of hydrogen-bond donors (Lipinski definition) is 2. The summed E-state index contributed by atoms with van der Waals surface area (Å²) in [5.74, 6) is 0.396. The minimum absolute atomic E-state index is 0.396. The minimum atomic E-state index is -1.91. The number of hydrogen-bond acceptors (Lipinski definition) is 3. The molecular weight excluding hydrogens is 180 g/mol. The van der Waals surface area contributed by atoms with Crippen molar-refractivity contribution in [2.45, 2.75) is 5.53 Å². The Hall–Kier alpha value is -0.600. The lowest BCUT2D eigenvalue weighted by molar-refractivity contribution is 0.131. The Bertz CT molecular complexity index is 182. The molecule has 0 saturated heterocycles. The molecule has 0 aliphatic carbocycles. The highest BCUT2D eigenvalue weighted by molar-refractivity contribution is 7.18. The fourth-order valence-corrected chi connectivity index (χ4v) is 0.521. The molecular formula is C7H13FNO2P. The molecule has 12 heavy (non-hydrogen) atoms. The summed E-state index contributed by atoms with van der Waals surface area (Å²) in [5, 5.41) is 10.8. The molecule has 0 fully saturated rings. The van der Waals surface area contributed by atoms with Crippen LogP contribution >= 0.6 is 9.24 Å². The number of halogens is 1. The summed E-state index contributed by atoms with van der Waals surface area (Å²) in [6, 6.07) is 0. The van der Waals surface area contributed by atoms with Crippen LogP contribution in [0.4, 0.5) is 4.39 Å². The first-order chi connectivity index (χ1) is 5.55. The second-order valence-corrected chi connectivity index (χ2v) is 3.04. The minimum Gasteiger partial charge on any atom is -0.495 e. The zero-order valence-electron chi connectivity index (χ0n) is 6.88. The predicted molar refractivity (Wildman–Crippen MR) is 49.1 cm³/mol.